The fourth-order valence-corrected chi connectivity index (χ4v) is 6.01. The van der Waals surface area contributed by atoms with Crippen molar-refractivity contribution in [2.75, 3.05) is 0 Å². The summed E-state index contributed by atoms with van der Waals surface area (Å²) in [6.45, 7) is 6.73. The van der Waals surface area contributed by atoms with E-state index in [1.807, 2.05) is 6.20 Å². The predicted octanol–water partition coefficient (Wildman–Crippen LogP) is 10.1. The molecule has 0 spiro atoms. The summed E-state index contributed by atoms with van der Waals surface area (Å²) >= 11 is 0. The van der Waals surface area contributed by atoms with Crippen LogP contribution in [0.2, 0.25) is 0 Å². The van der Waals surface area contributed by atoms with Crippen molar-refractivity contribution in [3.63, 3.8) is 0 Å². The first-order valence-electron chi connectivity index (χ1n) is 13.4. The van der Waals surface area contributed by atoms with Gasteiger partial charge in [0.1, 0.15) is 11.3 Å². The van der Waals surface area contributed by atoms with Gasteiger partial charge in [-0.25, -0.2) is 0 Å². The van der Waals surface area contributed by atoms with Crippen molar-refractivity contribution in [2.24, 2.45) is 5.92 Å². The Balaban J connectivity index is 1.48. The number of benzene rings is 5. The van der Waals surface area contributed by atoms with Crippen LogP contribution in [-0.4, -0.2) is 4.98 Å². The first kappa shape index (κ1) is 22.7. The summed E-state index contributed by atoms with van der Waals surface area (Å²) in [6.07, 6.45) is 2.92. The summed E-state index contributed by atoms with van der Waals surface area (Å²) in [5, 5.41) is 7.42. The van der Waals surface area contributed by atoms with Gasteiger partial charge in [0.15, 0.2) is 5.58 Å². The van der Waals surface area contributed by atoms with Crippen LogP contribution < -0.4 is 0 Å². The molecule has 184 valence electrons. The molecule has 0 aliphatic carbocycles. The van der Waals surface area contributed by atoms with E-state index in [2.05, 4.69) is 118 Å². The van der Waals surface area contributed by atoms with Crippen molar-refractivity contribution < 1.29 is 4.42 Å². The lowest BCUT2D eigenvalue weighted by Crippen LogP contribution is -1.97. The minimum absolute atomic E-state index is 0.543. The molecule has 0 radical (unpaired) electrons. The maximum absolute atomic E-state index is 6.67. The van der Waals surface area contributed by atoms with Gasteiger partial charge < -0.3 is 4.42 Å². The SMILES string of the molecule is Cc1c(-c2ccccc2)ccc2c1oc1c(-c3cc(CC(C)C)c4c(ccc5ccccc54)c3)nccc12. The number of fused-ring (bicyclic) bond motifs is 6. The molecule has 0 unspecified atom stereocenters. The van der Waals surface area contributed by atoms with Gasteiger partial charge >= 0.3 is 0 Å². The smallest absolute Gasteiger partial charge is 0.161 e. The monoisotopic (exact) mass is 491 g/mol. The molecular weight excluding hydrogens is 462 g/mol. The molecule has 7 rings (SSSR count). The molecule has 38 heavy (non-hydrogen) atoms. The largest absolute Gasteiger partial charge is 0.453 e. The van der Waals surface area contributed by atoms with Crippen molar-refractivity contribution in [3.05, 3.63) is 114 Å². The molecule has 2 aromatic heterocycles. The van der Waals surface area contributed by atoms with Crippen LogP contribution in [0.4, 0.5) is 0 Å². The maximum atomic E-state index is 6.67. The van der Waals surface area contributed by atoms with E-state index in [9.17, 15) is 0 Å². The average molecular weight is 492 g/mol. The molecule has 5 aromatic carbocycles. The Morgan fingerprint density at radius 3 is 2.29 bits per heavy atom. The lowest BCUT2D eigenvalue weighted by molar-refractivity contribution is 0.650. The van der Waals surface area contributed by atoms with Crippen LogP contribution >= 0.6 is 0 Å². The van der Waals surface area contributed by atoms with Gasteiger partial charge in [-0.05, 0) is 81.8 Å². The van der Waals surface area contributed by atoms with Gasteiger partial charge in [0.25, 0.3) is 0 Å². The topological polar surface area (TPSA) is 26.0 Å². The van der Waals surface area contributed by atoms with Gasteiger partial charge in [-0.1, -0.05) is 86.6 Å². The van der Waals surface area contributed by atoms with Crippen molar-refractivity contribution in [3.8, 4) is 22.4 Å². The standard InChI is InChI=1S/C36H29NO/c1-22(2)19-27-21-28(20-26-14-13-25-11-7-8-12-30(25)33(26)27)34-36-32(17-18-37-34)31-16-15-29(23(3)35(31)38-36)24-9-5-4-6-10-24/h4-18,20-22H,19H2,1-3H3. The fraction of sp³-hybridized carbons (Fsp3) is 0.139. The summed E-state index contributed by atoms with van der Waals surface area (Å²) in [4.78, 5) is 4.88. The second-order valence-corrected chi connectivity index (χ2v) is 10.7. The number of rotatable bonds is 4. The summed E-state index contributed by atoms with van der Waals surface area (Å²) in [6, 6.07) is 34.8. The Bertz CT molecular complexity index is 1980. The zero-order chi connectivity index (χ0) is 25.8. The number of pyridine rings is 1. The van der Waals surface area contributed by atoms with E-state index < -0.39 is 0 Å². The van der Waals surface area contributed by atoms with Crippen LogP contribution in [0.3, 0.4) is 0 Å². The molecule has 0 aliphatic heterocycles. The van der Waals surface area contributed by atoms with E-state index in [0.29, 0.717) is 5.92 Å². The molecular formula is C36H29NO. The molecule has 2 heteroatoms. The quantitative estimate of drug-likeness (QED) is 0.229. The highest BCUT2D eigenvalue weighted by atomic mass is 16.3. The Hall–Kier alpha value is -4.43. The highest BCUT2D eigenvalue weighted by Gasteiger charge is 2.18. The highest BCUT2D eigenvalue weighted by molar-refractivity contribution is 6.13. The second-order valence-electron chi connectivity index (χ2n) is 10.7. The van der Waals surface area contributed by atoms with Crippen LogP contribution in [-0.2, 0) is 6.42 Å². The Morgan fingerprint density at radius 2 is 1.45 bits per heavy atom. The number of aromatic nitrogens is 1. The summed E-state index contributed by atoms with van der Waals surface area (Å²) in [7, 11) is 0. The van der Waals surface area contributed by atoms with Crippen LogP contribution in [0.5, 0.6) is 0 Å². The molecule has 0 aliphatic rings. The molecule has 2 nitrogen and oxygen atoms in total. The second kappa shape index (κ2) is 8.85. The van der Waals surface area contributed by atoms with Gasteiger partial charge in [0, 0.05) is 28.1 Å². The lowest BCUT2D eigenvalue weighted by Gasteiger charge is -2.14. The van der Waals surface area contributed by atoms with Crippen molar-refractivity contribution in [1.29, 1.82) is 0 Å². The average Bonchev–Trinajstić information content (AvgIpc) is 3.33. The van der Waals surface area contributed by atoms with Gasteiger partial charge in [-0.2, -0.15) is 0 Å². The number of hydrogen-bond donors (Lipinski definition) is 0. The Kier molecular flexibility index (Phi) is 5.30. The molecule has 0 saturated carbocycles. The zero-order valence-electron chi connectivity index (χ0n) is 22.0. The van der Waals surface area contributed by atoms with E-state index in [-0.39, 0.29) is 0 Å². The van der Waals surface area contributed by atoms with Crippen LogP contribution in [0, 0.1) is 12.8 Å². The van der Waals surface area contributed by atoms with Gasteiger partial charge in [-0.3, -0.25) is 4.98 Å². The normalized spacial score (nSPS) is 11.9. The highest BCUT2D eigenvalue weighted by Crippen LogP contribution is 2.40. The molecule has 0 amide bonds. The number of aryl methyl sites for hydroxylation is 1. The minimum Gasteiger partial charge on any atom is -0.453 e. The fourth-order valence-electron chi connectivity index (χ4n) is 6.01. The summed E-state index contributed by atoms with van der Waals surface area (Å²) in [5.41, 5.74) is 8.71. The molecule has 0 saturated heterocycles. The molecule has 0 bridgehead atoms. The summed E-state index contributed by atoms with van der Waals surface area (Å²) in [5.74, 6) is 0.543. The molecule has 2 heterocycles. The van der Waals surface area contributed by atoms with E-state index >= 15 is 0 Å². The third-order valence-electron chi connectivity index (χ3n) is 7.71. The van der Waals surface area contributed by atoms with Crippen LogP contribution in [0.25, 0.3) is 65.9 Å². The first-order chi connectivity index (χ1) is 18.6. The van der Waals surface area contributed by atoms with E-state index in [1.165, 1.54) is 38.2 Å². The maximum Gasteiger partial charge on any atom is 0.161 e. The van der Waals surface area contributed by atoms with E-state index in [4.69, 9.17) is 9.40 Å². The number of nitrogens with zero attached hydrogens (tertiary/aromatic N) is 1. The minimum atomic E-state index is 0.543. The van der Waals surface area contributed by atoms with Crippen molar-refractivity contribution in [2.45, 2.75) is 27.2 Å². The predicted molar refractivity (Wildman–Crippen MR) is 161 cm³/mol. The summed E-state index contributed by atoms with van der Waals surface area (Å²) < 4.78 is 6.67. The van der Waals surface area contributed by atoms with E-state index in [0.717, 1.165) is 45.2 Å². The zero-order valence-corrected chi connectivity index (χ0v) is 22.0. The third kappa shape index (κ3) is 3.60. The molecule has 7 aromatic rings. The number of hydrogen-bond acceptors (Lipinski definition) is 2. The van der Waals surface area contributed by atoms with E-state index in [1.54, 1.807) is 0 Å². The lowest BCUT2D eigenvalue weighted by atomic mass is 9.90. The Labute approximate surface area is 222 Å². The number of furan rings is 1. The first-order valence-corrected chi connectivity index (χ1v) is 13.4. The molecule has 0 atom stereocenters. The van der Waals surface area contributed by atoms with Crippen molar-refractivity contribution >= 4 is 43.5 Å². The van der Waals surface area contributed by atoms with Gasteiger partial charge in [0.05, 0.1) is 0 Å². The van der Waals surface area contributed by atoms with Crippen LogP contribution in [0.1, 0.15) is 25.0 Å². The molecule has 0 fully saturated rings. The third-order valence-corrected chi connectivity index (χ3v) is 7.71. The van der Waals surface area contributed by atoms with Gasteiger partial charge in [0.2, 0.25) is 0 Å². The van der Waals surface area contributed by atoms with Gasteiger partial charge in [-0.15, -0.1) is 0 Å². The van der Waals surface area contributed by atoms with Crippen molar-refractivity contribution in [1.82, 2.24) is 4.98 Å². The van der Waals surface area contributed by atoms with Crippen LogP contribution in [0.15, 0.2) is 108 Å². The molecule has 0 N–H and O–H groups in total. The Morgan fingerprint density at radius 1 is 0.684 bits per heavy atom.